The molecular formula is C31H39N3O8. The molecule has 1 aromatic carbocycles. The van der Waals surface area contributed by atoms with Crippen LogP contribution in [0.4, 0.5) is 0 Å². The molecule has 11 nitrogen and oxygen atoms in total. The summed E-state index contributed by atoms with van der Waals surface area (Å²) in [6.07, 6.45) is 4.82. The number of para-hydroxylation sites is 1. The van der Waals surface area contributed by atoms with Gasteiger partial charge in [0.05, 0.1) is 19.3 Å². The molecule has 1 spiro atoms. The van der Waals surface area contributed by atoms with Crippen molar-refractivity contribution in [1.29, 1.82) is 0 Å². The highest BCUT2D eigenvalue weighted by Crippen LogP contribution is 2.60. The molecule has 2 aromatic heterocycles. The Balaban J connectivity index is 0.987. The Bertz CT molecular complexity index is 1540. The number of benzene rings is 1. The minimum atomic E-state index is -0.808. The van der Waals surface area contributed by atoms with Crippen LogP contribution in [0.1, 0.15) is 63.3 Å². The van der Waals surface area contributed by atoms with Crippen LogP contribution in [0.15, 0.2) is 33.6 Å². The third-order valence-electron chi connectivity index (χ3n) is 10.1. The predicted molar refractivity (Wildman–Crippen MR) is 149 cm³/mol. The van der Waals surface area contributed by atoms with E-state index in [1.807, 2.05) is 32.2 Å². The van der Waals surface area contributed by atoms with Gasteiger partial charge in [-0.15, -0.1) is 5.10 Å². The molecule has 11 heteroatoms. The van der Waals surface area contributed by atoms with Crippen molar-refractivity contribution in [2.75, 3.05) is 6.61 Å². The molecule has 0 radical (unpaired) electrons. The molecule has 1 saturated carbocycles. The van der Waals surface area contributed by atoms with Crippen molar-refractivity contribution in [2.24, 2.45) is 23.7 Å². The van der Waals surface area contributed by atoms with E-state index in [1.54, 1.807) is 17.7 Å². The zero-order chi connectivity index (χ0) is 29.2. The van der Waals surface area contributed by atoms with Gasteiger partial charge in [0.25, 0.3) is 0 Å². The minimum Gasteiger partial charge on any atom is -0.483 e. The van der Waals surface area contributed by atoms with Crippen molar-refractivity contribution >= 4 is 11.0 Å². The van der Waals surface area contributed by atoms with Crippen molar-refractivity contribution in [3.8, 4) is 5.75 Å². The molecule has 1 aliphatic carbocycles. The fourth-order valence-corrected chi connectivity index (χ4v) is 7.55. The highest BCUT2D eigenvalue weighted by Gasteiger charge is 2.69. The zero-order valence-electron chi connectivity index (χ0n) is 24.8. The van der Waals surface area contributed by atoms with Crippen molar-refractivity contribution < 1.29 is 33.1 Å². The van der Waals surface area contributed by atoms with Gasteiger partial charge in [0.1, 0.15) is 12.3 Å². The SMILES string of the molecule is Cc1c(C)c2cccc(OCc3cn(CCO[C@@H]4O[C@@H]5O[C@@]6(C)CC[C@H]7[C@H](C)CC[C@@H]([C@H]4C)[C@@]57OO6)nn3)c2oc1=O. The first-order chi connectivity index (χ1) is 20.2. The second-order valence-electron chi connectivity index (χ2n) is 12.7. The first kappa shape index (κ1) is 28.0. The van der Waals surface area contributed by atoms with Gasteiger partial charge in [-0.25, -0.2) is 19.3 Å². The molecule has 42 heavy (non-hydrogen) atoms. The van der Waals surface area contributed by atoms with Crippen LogP contribution in [0.5, 0.6) is 5.75 Å². The van der Waals surface area contributed by atoms with E-state index in [9.17, 15) is 4.79 Å². The summed E-state index contributed by atoms with van der Waals surface area (Å²) in [5.41, 5.74) is 1.61. The first-order valence-electron chi connectivity index (χ1n) is 15.0. The molecule has 4 saturated heterocycles. The van der Waals surface area contributed by atoms with E-state index in [0.29, 0.717) is 47.6 Å². The molecule has 5 aliphatic rings. The second-order valence-corrected chi connectivity index (χ2v) is 12.7. The number of aryl methyl sites for hydroxylation is 1. The molecule has 5 fully saturated rings. The number of ether oxygens (including phenoxy) is 4. The summed E-state index contributed by atoms with van der Waals surface area (Å²) >= 11 is 0. The van der Waals surface area contributed by atoms with Crippen LogP contribution < -0.4 is 10.4 Å². The quantitative estimate of drug-likeness (QED) is 0.284. The van der Waals surface area contributed by atoms with Gasteiger partial charge < -0.3 is 23.4 Å². The van der Waals surface area contributed by atoms with E-state index in [-0.39, 0.29) is 24.1 Å². The molecule has 0 N–H and O–H groups in total. The van der Waals surface area contributed by atoms with E-state index in [2.05, 4.69) is 24.2 Å². The van der Waals surface area contributed by atoms with Gasteiger partial charge in [0.2, 0.25) is 5.79 Å². The Morgan fingerprint density at radius 1 is 1.10 bits per heavy atom. The first-order valence-corrected chi connectivity index (χ1v) is 15.0. The number of hydrogen-bond donors (Lipinski definition) is 0. The molecule has 0 amide bonds. The topological polar surface area (TPSA) is 116 Å². The summed E-state index contributed by atoms with van der Waals surface area (Å²) in [6, 6.07) is 5.58. The summed E-state index contributed by atoms with van der Waals surface area (Å²) in [4.78, 5) is 24.3. The number of aromatic nitrogens is 3. The average Bonchev–Trinajstić information content (AvgIpc) is 3.31. The predicted octanol–water partition coefficient (Wildman–Crippen LogP) is 4.80. The van der Waals surface area contributed by atoms with E-state index < -0.39 is 24.0 Å². The van der Waals surface area contributed by atoms with Gasteiger partial charge in [-0.2, -0.15) is 0 Å². The van der Waals surface area contributed by atoms with Crippen LogP contribution in [0.3, 0.4) is 0 Å². The molecule has 3 aromatic rings. The second kappa shape index (κ2) is 10.4. The normalized spacial score (nSPS) is 35.6. The van der Waals surface area contributed by atoms with E-state index in [0.717, 1.165) is 36.6 Å². The van der Waals surface area contributed by atoms with Crippen LogP contribution in [-0.4, -0.2) is 45.6 Å². The minimum absolute atomic E-state index is 0.110. The van der Waals surface area contributed by atoms with Crippen molar-refractivity contribution in [3.05, 3.63) is 51.6 Å². The van der Waals surface area contributed by atoms with Crippen LogP contribution >= 0.6 is 0 Å². The van der Waals surface area contributed by atoms with Crippen LogP contribution in [0, 0.1) is 37.5 Å². The van der Waals surface area contributed by atoms with Gasteiger partial charge in [-0.05, 0) is 63.5 Å². The standard InChI is InChI=1S/C31H39N3O8/c1-17-9-10-24-20(4)28(39-29-31(24)23(17)11-12-30(5,40-29)41-42-31)36-14-13-34-15-21(32-33-34)16-37-25-8-6-7-22-18(2)19(3)27(35)38-26(22)25/h6-8,15,17,20,23-24,28-29H,9-14,16H2,1-5H3/t17-,20-,23+,24+,28-,29-,30-,31-/m1/s1. The lowest BCUT2D eigenvalue weighted by Gasteiger charge is -2.60. The third-order valence-corrected chi connectivity index (χ3v) is 10.1. The van der Waals surface area contributed by atoms with Gasteiger partial charge in [-0.3, -0.25) is 0 Å². The third kappa shape index (κ3) is 4.48. The van der Waals surface area contributed by atoms with Crippen molar-refractivity contribution in [3.63, 3.8) is 0 Å². The Morgan fingerprint density at radius 3 is 2.81 bits per heavy atom. The largest absolute Gasteiger partial charge is 0.483 e. The molecule has 226 valence electrons. The van der Waals surface area contributed by atoms with Gasteiger partial charge in [-0.1, -0.05) is 31.2 Å². The maximum atomic E-state index is 12.2. The number of fused-ring (bicyclic) bond motifs is 3. The summed E-state index contributed by atoms with van der Waals surface area (Å²) in [5, 5.41) is 9.33. The van der Waals surface area contributed by atoms with E-state index in [4.69, 9.17) is 33.1 Å². The monoisotopic (exact) mass is 581 g/mol. The lowest BCUT2D eigenvalue weighted by Crippen LogP contribution is -2.70. The van der Waals surface area contributed by atoms with Gasteiger partial charge in [0.15, 0.2) is 29.5 Å². The lowest BCUT2D eigenvalue weighted by atomic mass is 9.58. The Hall–Kier alpha value is -2.83. The van der Waals surface area contributed by atoms with Crippen LogP contribution in [0.25, 0.3) is 11.0 Å². The summed E-state index contributed by atoms with van der Waals surface area (Å²) in [6.45, 7) is 11.2. The Morgan fingerprint density at radius 2 is 1.95 bits per heavy atom. The van der Waals surface area contributed by atoms with Crippen molar-refractivity contribution in [1.82, 2.24) is 15.0 Å². The van der Waals surface area contributed by atoms with Gasteiger partial charge in [0, 0.05) is 29.2 Å². The molecule has 0 unspecified atom stereocenters. The highest BCUT2D eigenvalue weighted by molar-refractivity contribution is 5.85. The molecule has 4 aliphatic heterocycles. The smallest absolute Gasteiger partial charge is 0.339 e. The Labute approximate surface area is 244 Å². The molecule has 8 atom stereocenters. The summed E-state index contributed by atoms with van der Waals surface area (Å²) < 4.78 is 32.5. The van der Waals surface area contributed by atoms with Gasteiger partial charge >= 0.3 is 5.63 Å². The Kier molecular flexibility index (Phi) is 6.93. The average molecular weight is 582 g/mol. The molecule has 8 rings (SSSR count). The molecule has 6 heterocycles. The fraction of sp³-hybridized carbons (Fsp3) is 0.645. The molecule has 2 bridgehead atoms. The summed E-state index contributed by atoms with van der Waals surface area (Å²) in [7, 11) is 0. The van der Waals surface area contributed by atoms with E-state index >= 15 is 0 Å². The van der Waals surface area contributed by atoms with Crippen LogP contribution in [-0.2, 0) is 37.1 Å². The fourth-order valence-electron chi connectivity index (χ4n) is 7.55. The molecular weight excluding hydrogens is 542 g/mol. The zero-order valence-corrected chi connectivity index (χ0v) is 24.8. The lowest BCUT2D eigenvalue weighted by molar-refractivity contribution is -0.577. The van der Waals surface area contributed by atoms with Crippen molar-refractivity contribution in [2.45, 2.75) is 97.4 Å². The number of nitrogens with zero attached hydrogens (tertiary/aromatic N) is 3. The maximum absolute atomic E-state index is 12.2. The maximum Gasteiger partial charge on any atom is 0.339 e. The number of rotatable bonds is 7. The highest BCUT2D eigenvalue weighted by atomic mass is 17.3. The van der Waals surface area contributed by atoms with E-state index in [1.165, 1.54) is 0 Å². The summed E-state index contributed by atoms with van der Waals surface area (Å²) in [5.74, 6) is 0.844. The number of hydrogen-bond acceptors (Lipinski definition) is 10. The van der Waals surface area contributed by atoms with Crippen LogP contribution in [0.2, 0.25) is 0 Å².